The summed E-state index contributed by atoms with van der Waals surface area (Å²) in [6, 6.07) is -1.22. The number of carbonyl (C=O) groups excluding carboxylic acids is 1. The lowest BCUT2D eigenvalue weighted by Crippen LogP contribution is -2.66. The summed E-state index contributed by atoms with van der Waals surface area (Å²) in [6.07, 6.45) is 0. The van der Waals surface area contributed by atoms with Crippen molar-refractivity contribution in [1.29, 1.82) is 0 Å². The number of rotatable bonds is 3. The topological polar surface area (TPSA) is 119 Å². The average Bonchev–Trinajstić information content (AvgIpc) is 2.01. The van der Waals surface area contributed by atoms with E-state index in [4.69, 9.17) is 10.3 Å². The normalized spacial score (nSPS) is 28.8. The largest absolute Gasteiger partial charge is 0.425 e. The highest BCUT2D eigenvalue weighted by atomic mass is 32.3. The third-order valence-electron chi connectivity index (χ3n) is 1.59. The standard InChI is InChI=1S/C4H8N2O6S/c1-2-3(5)4(7)6(2)11-12-13(8,9)10/h2-3H,5H2,1H3,(H,8,9,10)/t2-,3-/m0/s1. The van der Waals surface area contributed by atoms with Crippen molar-refractivity contribution in [1.82, 2.24) is 5.06 Å². The molecule has 3 N–H and O–H groups in total. The molecule has 0 aliphatic carbocycles. The van der Waals surface area contributed by atoms with Gasteiger partial charge in [-0.15, -0.1) is 0 Å². The van der Waals surface area contributed by atoms with Crippen LogP contribution in [0.5, 0.6) is 0 Å². The summed E-state index contributed by atoms with van der Waals surface area (Å²) in [5, 5.41) is 0.610. The van der Waals surface area contributed by atoms with Gasteiger partial charge in [-0.25, -0.2) is 0 Å². The molecule has 0 bridgehead atoms. The summed E-state index contributed by atoms with van der Waals surface area (Å²) in [7, 11) is -4.72. The Kier molecular flexibility index (Phi) is 2.54. The van der Waals surface area contributed by atoms with Gasteiger partial charge in [0.1, 0.15) is 6.04 Å². The number of carbonyl (C=O) groups is 1. The first kappa shape index (κ1) is 10.3. The smallest absolute Gasteiger partial charge is 0.318 e. The van der Waals surface area contributed by atoms with E-state index in [1.165, 1.54) is 6.92 Å². The van der Waals surface area contributed by atoms with Gasteiger partial charge in [0.25, 0.3) is 5.91 Å². The van der Waals surface area contributed by atoms with E-state index in [2.05, 4.69) is 9.32 Å². The fourth-order valence-corrected chi connectivity index (χ4v) is 0.936. The van der Waals surface area contributed by atoms with Crippen LogP contribution in [0.4, 0.5) is 0 Å². The van der Waals surface area contributed by atoms with Crippen LogP contribution in [-0.4, -0.2) is 36.0 Å². The second-order valence-corrected chi connectivity index (χ2v) is 3.49. The summed E-state index contributed by atoms with van der Waals surface area (Å²) >= 11 is 0. The minimum absolute atomic E-state index is 0.491. The Hall–Kier alpha value is -0.740. The maximum atomic E-state index is 10.8. The lowest BCUT2D eigenvalue weighted by molar-refractivity contribution is -0.379. The Labute approximate surface area is 74.0 Å². The van der Waals surface area contributed by atoms with Crippen molar-refractivity contribution in [2.45, 2.75) is 19.0 Å². The fourth-order valence-electron chi connectivity index (χ4n) is 0.794. The second-order valence-electron chi connectivity index (χ2n) is 2.50. The number of hydrogen-bond donors (Lipinski definition) is 2. The van der Waals surface area contributed by atoms with Crippen LogP contribution in [-0.2, 0) is 24.5 Å². The lowest BCUT2D eigenvalue weighted by atomic mass is 10.0. The first-order valence-corrected chi connectivity index (χ1v) is 4.62. The molecule has 1 fully saturated rings. The van der Waals surface area contributed by atoms with Crippen molar-refractivity contribution < 1.29 is 27.1 Å². The molecule has 0 aromatic heterocycles. The van der Waals surface area contributed by atoms with Crippen LogP contribution in [0.15, 0.2) is 0 Å². The summed E-state index contributed by atoms with van der Waals surface area (Å²) < 4.78 is 31.6. The Morgan fingerprint density at radius 3 is 2.54 bits per heavy atom. The Morgan fingerprint density at radius 1 is 1.62 bits per heavy atom. The number of nitrogens with zero attached hydrogens (tertiary/aromatic N) is 1. The van der Waals surface area contributed by atoms with Gasteiger partial charge in [-0.05, 0) is 6.92 Å². The number of nitrogens with two attached hydrogens (primary N) is 1. The van der Waals surface area contributed by atoms with Gasteiger partial charge < -0.3 is 5.73 Å². The molecule has 76 valence electrons. The SMILES string of the molecule is C[C@H]1[C@H](N)C(=O)N1OOS(=O)(=O)O. The van der Waals surface area contributed by atoms with Crippen molar-refractivity contribution in [2.75, 3.05) is 0 Å². The zero-order valence-corrected chi connectivity index (χ0v) is 7.39. The maximum absolute atomic E-state index is 10.8. The van der Waals surface area contributed by atoms with Crippen LogP contribution in [0, 0.1) is 0 Å². The lowest BCUT2D eigenvalue weighted by Gasteiger charge is -2.39. The molecule has 9 heteroatoms. The maximum Gasteiger partial charge on any atom is 0.425 e. The van der Waals surface area contributed by atoms with Crippen LogP contribution >= 0.6 is 0 Å². The summed E-state index contributed by atoms with van der Waals surface area (Å²) in [5.74, 6) is -0.615. The molecular formula is C4H8N2O6S. The van der Waals surface area contributed by atoms with Gasteiger partial charge in [-0.3, -0.25) is 9.35 Å². The summed E-state index contributed by atoms with van der Waals surface area (Å²) in [5.41, 5.74) is 5.26. The molecule has 0 radical (unpaired) electrons. The number of β-lactam (4-membered cyclic amide) rings is 1. The highest BCUT2D eigenvalue weighted by Crippen LogP contribution is 2.18. The van der Waals surface area contributed by atoms with E-state index in [1.54, 1.807) is 0 Å². The van der Waals surface area contributed by atoms with Gasteiger partial charge in [0.15, 0.2) is 0 Å². The number of hydrogen-bond acceptors (Lipinski definition) is 6. The zero-order chi connectivity index (χ0) is 10.2. The first-order valence-electron chi connectivity index (χ1n) is 3.25. The molecule has 2 atom stereocenters. The molecule has 0 spiro atoms. The number of amides is 1. The quantitative estimate of drug-likeness (QED) is 0.245. The van der Waals surface area contributed by atoms with E-state index in [9.17, 15) is 13.2 Å². The van der Waals surface area contributed by atoms with Crippen molar-refractivity contribution in [3.63, 3.8) is 0 Å². The predicted molar refractivity (Wildman–Crippen MR) is 38.0 cm³/mol. The van der Waals surface area contributed by atoms with Gasteiger partial charge in [0, 0.05) is 0 Å². The van der Waals surface area contributed by atoms with E-state index in [0.717, 1.165) is 0 Å². The minimum Gasteiger partial charge on any atom is -0.318 e. The third-order valence-corrected chi connectivity index (χ3v) is 1.82. The molecule has 1 rings (SSSR count). The van der Waals surface area contributed by atoms with Crippen molar-refractivity contribution in [3.8, 4) is 0 Å². The van der Waals surface area contributed by atoms with Crippen molar-refractivity contribution in [3.05, 3.63) is 0 Å². The molecule has 1 aliphatic rings. The fraction of sp³-hybridized carbons (Fsp3) is 0.750. The van der Waals surface area contributed by atoms with Gasteiger partial charge >= 0.3 is 10.4 Å². The average molecular weight is 212 g/mol. The Balaban J connectivity index is 2.45. The minimum atomic E-state index is -4.72. The predicted octanol–water partition coefficient (Wildman–Crippen LogP) is -1.79. The van der Waals surface area contributed by atoms with Crippen LogP contribution in [0.25, 0.3) is 0 Å². The first-order chi connectivity index (χ1) is 5.83. The molecule has 0 aromatic carbocycles. The highest BCUT2D eigenvalue weighted by molar-refractivity contribution is 7.80. The van der Waals surface area contributed by atoms with Gasteiger partial charge in [0.05, 0.1) is 6.04 Å². The molecule has 1 aliphatic heterocycles. The molecule has 1 amide bonds. The van der Waals surface area contributed by atoms with Crippen LogP contribution < -0.4 is 5.73 Å². The van der Waals surface area contributed by atoms with Crippen molar-refractivity contribution in [2.24, 2.45) is 5.73 Å². The Bertz CT molecular complexity index is 313. The van der Waals surface area contributed by atoms with Gasteiger partial charge in [-0.2, -0.15) is 13.5 Å². The van der Waals surface area contributed by atoms with E-state index in [-0.39, 0.29) is 0 Å². The molecule has 13 heavy (non-hydrogen) atoms. The molecule has 0 unspecified atom stereocenters. The molecule has 0 saturated carbocycles. The van der Waals surface area contributed by atoms with Gasteiger partial charge in [0.2, 0.25) is 0 Å². The number of hydroxylamine groups is 2. The van der Waals surface area contributed by atoms with Crippen LogP contribution in [0.1, 0.15) is 6.92 Å². The van der Waals surface area contributed by atoms with E-state index >= 15 is 0 Å². The third kappa shape index (κ3) is 2.14. The van der Waals surface area contributed by atoms with Crippen LogP contribution in [0.3, 0.4) is 0 Å². The molecule has 1 saturated heterocycles. The van der Waals surface area contributed by atoms with E-state index in [1.807, 2.05) is 0 Å². The second kappa shape index (κ2) is 3.20. The monoisotopic (exact) mass is 212 g/mol. The molecule has 8 nitrogen and oxygen atoms in total. The molecular weight excluding hydrogens is 204 g/mol. The zero-order valence-electron chi connectivity index (χ0n) is 6.58. The van der Waals surface area contributed by atoms with E-state index in [0.29, 0.717) is 5.06 Å². The molecule has 0 aromatic rings. The summed E-state index contributed by atoms with van der Waals surface area (Å²) in [4.78, 5) is 14.8. The van der Waals surface area contributed by atoms with Crippen molar-refractivity contribution >= 4 is 16.3 Å². The molecule has 1 heterocycles. The Morgan fingerprint density at radius 2 is 2.15 bits per heavy atom. The van der Waals surface area contributed by atoms with E-state index < -0.39 is 28.4 Å². The van der Waals surface area contributed by atoms with Crippen LogP contribution in [0.2, 0.25) is 0 Å². The van der Waals surface area contributed by atoms with Gasteiger partial charge in [-0.1, -0.05) is 9.32 Å². The highest BCUT2D eigenvalue weighted by Gasteiger charge is 2.44. The summed E-state index contributed by atoms with van der Waals surface area (Å²) in [6.45, 7) is 1.53.